The average molecular weight is 251 g/mol. The van der Waals surface area contributed by atoms with E-state index >= 15 is 0 Å². The Kier molecular flexibility index (Phi) is 2.99. The van der Waals surface area contributed by atoms with Crippen molar-refractivity contribution in [2.45, 2.75) is 37.6 Å². The lowest BCUT2D eigenvalue weighted by Crippen LogP contribution is -2.49. The summed E-state index contributed by atoms with van der Waals surface area (Å²) in [6.45, 7) is 0.820. The number of piperidine rings is 1. The molecular weight excluding hydrogens is 234 g/mol. The zero-order chi connectivity index (χ0) is 12.5. The number of fused-ring (bicyclic) bond motifs is 1. The molecule has 3 rings (SSSR count). The van der Waals surface area contributed by atoms with Gasteiger partial charge in [-0.3, -0.25) is 4.79 Å². The van der Waals surface area contributed by atoms with Crippen LogP contribution in [0.1, 0.15) is 37.4 Å². The Bertz CT molecular complexity index is 421. The van der Waals surface area contributed by atoms with Crippen molar-refractivity contribution >= 4 is 5.97 Å². The lowest BCUT2D eigenvalue weighted by atomic mass is 9.69. The first kappa shape index (κ1) is 11.6. The molecule has 0 amide bonds. The van der Waals surface area contributed by atoms with Crippen molar-refractivity contribution in [1.29, 1.82) is 0 Å². The predicted octanol–water partition coefficient (Wildman–Crippen LogP) is 0.146. The van der Waals surface area contributed by atoms with Crippen LogP contribution in [-0.2, 0) is 4.79 Å². The van der Waals surface area contributed by atoms with Gasteiger partial charge in [-0.15, -0.1) is 10.2 Å². The molecule has 0 radical (unpaired) electrons. The highest BCUT2D eigenvalue weighted by Crippen LogP contribution is 2.41. The molecule has 7 heteroatoms. The molecule has 3 N–H and O–H groups in total. The minimum Gasteiger partial charge on any atom is -0.480 e. The lowest BCUT2D eigenvalue weighted by molar-refractivity contribution is -0.141. The van der Waals surface area contributed by atoms with Gasteiger partial charge in [-0.05, 0) is 44.1 Å². The van der Waals surface area contributed by atoms with Crippen molar-refractivity contribution in [3.63, 3.8) is 0 Å². The summed E-state index contributed by atoms with van der Waals surface area (Å²) >= 11 is 0. The number of carbonyl (C=O) groups is 1. The summed E-state index contributed by atoms with van der Waals surface area (Å²) < 4.78 is 0. The minimum absolute atomic E-state index is 0.331. The molecule has 1 aromatic rings. The number of hydrogen-bond acceptors (Lipinski definition) is 5. The summed E-state index contributed by atoms with van der Waals surface area (Å²) in [5, 5.41) is 26.4. The van der Waals surface area contributed by atoms with Crippen molar-refractivity contribution in [3.8, 4) is 0 Å². The first-order valence-corrected chi connectivity index (χ1v) is 6.43. The third kappa shape index (κ3) is 2.10. The zero-order valence-electron chi connectivity index (χ0n) is 10.0. The molecule has 0 aromatic carbocycles. The van der Waals surface area contributed by atoms with Gasteiger partial charge in [0.25, 0.3) is 0 Å². The number of H-pyrrole nitrogens is 1. The summed E-state index contributed by atoms with van der Waals surface area (Å²) in [7, 11) is 0. The highest BCUT2D eigenvalue weighted by Gasteiger charge is 2.38. The van der Waals surface area contributed by atoms with Crippen LogP contribution in [0.4, 0.5) is 0 Å². The van der Waals surface area contributed by atoms with E-state index in [0.29, 0.717) is 24.2 Å². The van der Waals surface area contributed by atoms with Gasteiger partial charge in [0.1, 0.15) is 6.04 Å². The fraction of sp³-hybridized carbons (Fsp3) is 0.818. The molecule has 2 heterocycles. The highest BCUT2D eigenvalue weighted by molar-refractivity contribution is 5.73. The third-order valence-corrected chi connectivity index (χ3v) is 4.33. The number of hydrogen-bond donors (Lipinski definition) is 3. The summed E-state index contributed by atoms with van der Waals surface area (Å²) in [5.41, 5.74) is 0. The van der Waals surface area contributed by atoms with Gasteiger partial charge in [-0.2, -0.15) is 5.21 Å². The molecule has 4 atom stereocenters. The lowest BCUT2D eigenvalue weighted by Gasteiger charge is -2.40. The standard InChI is InChI=1S/C11H17N5O2/c17-11(18)9-4-8-3-6(10-13-15-16-14-10)1-2-7(8)5-12-9/h6-9,12H,1-5H2,(H,17,18)(H,13,14,15,16)/t6-,7+,8-,9+/m0/s1. The van der Waals surface area contributed by atoms with Crippen LogP contribution in [0.25, 0.3) is 0 Å². The Morgan fingerprint density at radius 1 is 1.28 bits per heavy atom. The minimum atomic E-state index is -0.741. The summed E-state index contributed by atoms with van der Waals surface area (Å²) in [6, 6.07) is -0.393. The Morgan fingerprint density at radius 3 is 2.89 bits per heavy atom. The monoisotopic (exact) mass is 251 g/mol. The van der Waals surface area contributed by atoms with Crippen molar-refractivity contribution in [1.82, 2.24) is 25.9 Å². The molecule has 18 heavy (non-hydrogen) atoms. The first-order valence-electron chi connectivity index (χ1n) is 6.43. The number of nitrogens with zero attached hydrogens (tertiary/aromatic N) is 3. The van der Waals surface area contributed by atoms with Gasteiger partial charge in [0.2, 0.25) is 0 Å². The quantitative estimate of drug-likeness (QED) is 0.691. The second-order valence-electron chi connectivity index (χ2n) is 5.33. The smallest absolute Gasteiger partial charge is 0.320 e. The van der Waals surface area contributed by atoms with Gasteiger partial charge >= 0.3 is 5.97 Å². The molecular formula is C11H17N5O2. The number of carboxylic acids is 1. The second kappa shape index (κ2) is 4.64. The number of aromatic amines is 1. The van der Waals surface area contributed by atoms with E-state index in [9.17, 15) is 4.79 Å². The topological polar surface area (TPSA) is 104 Å². The Morgan fingerprint density at radius 2 is 2.17 bits per heavy atom. The third-order valence-electron chi connectivity index (χ3n) is 4.33. The maximum Gasteiger partial charge on any atom is 0.320 e. The molecule has 1 saturated heterocycles. The van der Waals surface area contributed by atoms with Gasteiger partial charge in [0, 0.05) is 5.92 Å². The first-order chi connectivity index (χ1) is 8.74. The van der Waals surface area contributed by atoms with E-state index < -0.39 is 12.0 Å². The molecule has 1 aromatic heterocycles. The molecule has 0 unspecified atom stereocenters. The van der Waals surface area contributed by atoms with Crippen molar-refractivity contribution < 1.29 is 9.90 Å². The molecule has 1 saturated carbocycles. The van der Waals surface area contributed by atoms with Gasteiger partial charge in [-0.25, -0.2) is 0 Å². The van der Waals surface area contributed by atoms with Gasteiger partial charge in [-0.1, -0.05) is 5.21 Å². The summed E-state index contributed by atoms with van der Waals surface area (Å²) in [5.74, 6) is 1.43. The largest absolute Gasteiger partial charge is 0.480 e. The number of tetrazole rings is 1. The van der Waals surface area contributed by atoms with E-state index in [1.54, 1.807) is 0 Å². The summed E-state index contributed by atoms with van der Waals surface area (Å²) in [4.78, 5) is 11.0. The molecule has 0 bridgehead atoms. The van der Waals surface area contributed by atoms with E-state index in [1.165, 1.54) is 0 Å². The second-order valence-corrected chi connectivity index (χ2v) is 5.33. The Labute approximate surface area is 104 Å². The maximum atomic E-state index is 11.0. The van der Waals surface area contributed by atoms with Crippen LogP contribution in [0.2, 0.25) is 0 Å². The van der Waals surface area contributed by atoms with Crippen LogP contribution in [0, 0.1) is 11.8 Å². The van der Waals surface area contributed by atoms with Crippen LogP contribution in [0.5, 0.6) is 0 Å². The molecule has 7 nitrogen and oxygen atoms in total. The van der Waals surface area contributed by atoms with E-state index in [4.69, 9.17) is 5.11 Å². The van der Waals surface area contributed by atoms with Gasteiger partial charge in [0.15, 0.2) is 5.82 Å². The van der Waals surface area contributed by atoms with Crippen LogP contribution in [0.15, 0.2) is 0 Å². The highest BCUT2D eigenvalue weighted by atomic mass is 16.4. The number of nitrogens with one attached hydrogen (secondary N) is 2. The Balaban J connectivity index is 1.68. The molecule has 0 spiro atoms. The maximum absolute atomic E-state index is 11.0. The zero-order valence-corrected chi connectivity index (χ0v) is 10.0. The fourth-order valence-corrected chi connectivity index (χ4v) is 3.33. The van der Waals surface area contributed by atoms with Gasteiger partial charge in [0.05, 0.1) is 0 Å². The molecule has 2 aliphatic rings. The van der Waals surface area contributed by atoms with Crippen LogP contribution >= 0.6 is 0 Å². The van der Waals surface area contributed by atoms with E-state index in [-0.39, 0.29) is 0 Å². The summed E-state index contributed by atoms with van der Waals surface area (Å²) in [6.07, 6.45) is 3.88. The molecule has 1 aliphatic carbocycles. The van der Waals surface area contributed by atoms with E-state index in [0.717, 1.165) is 31.6 Å². The van der Waals surface area contributed by atoms with E-state index in [2.05, 4.69) is 25.9 Å². The normalized spacial score (nSPS) is 36.0. The fourth-order valence-electron chi connectivity index (χ4n) is 3.33. The van der Waals surface area contributed by atoms with Crippen LogP contribution in [-0.4, -0.2) is 44.3 Å². The van der Waals surface area contributed by atoms with Gasteiger partial charge < -0.3 is 10.4 Å². The van der Waals surface area contributed by atoms with Crippen LogP contribution in [0.3, 0.4) is 0 Å². The van der Waals surface area contributed by atoms with Crippen molar-refractivity contribution in [3.05, 3.63) is 5.82 Å². The van der Waals surface area contributed by atoms with Crippen molar-refractivity contribution in [2.24, 2.45) is 11.8 Å². The SMILES string of the molecule is O=C(O)[C@H]1C[C@@H]2C[C@@H](c3nn[nH]n3)CC[C@@H]2CN1. The van der Waals surface area contributed by atoms with Crippen molar-refractivity contribution in [2.75, 3.05) is 6.54 Å². The number of carboxylic acid groups (broad SMARTS) is 1. The predicted molar refractivity (Wildman–Crippen MR) is 61.8 cm³/mol. The molecule has 98 valence electrons. The molecule has 2 fully saturated rings. The Hall–Kier alpha value is -1.50. The van der Waals surface area contributed by atoms with E-state index in [1.807, 2.05) is 0 Å². The number of rotatable bonds is 2. The number of aliphatic carboxylic acids is 1. The average Bonchev–Trinajstić information content (AvgIpc) is 2.91. The van der Waals surface area contributed by atoms with Crippen LogP contribution < -0.4 is 5.32 Å². The number of aromatic nitrogens is 4. The molecule has 1 aliphatic heterocycles.